The number of hydrogen-bond acceptors (Lipinski definition) is 5. The van der Waals surface area contributed by atoms with E-state index in [1.165, 1.54) is 4.31 Å². The molecule has 122 valence electrons. The summed E-state index contributed by atoms with van der Waals surface area (Å²) >= 11 is 0. The molecule has 1 aromatic rings. The summed E-state index contributed by atoms with van der Waals surface area (Å²) in [4.78, 5) is 0.168. The van der Waals surface area contributed by atoms with Crippen LogP contribution in [0, 0.1) is 11.8 Å². The molecule has 7 heteroatoms. The van der Waals surface area contributed by atoms with Gasteiger partial charge in [0.05, 0.1) is 0 Å². The number of hydrogen-bond donors (Lipinski definition) is 1. The van der Waals surface area contributed by atoms with Crippen molar-refractivity contribution < 1.29 is 17.9 Å². The van der Waals surface area contributed by atoms with Crippen LogP contribution < -0.4 is 15.2 Å². The monoisotopic (exact) mass is 326 g/mol. The Morgan fingerprint density at radius 3 is 2.64 bits per heavy atom. The number of nitrogens with two attached hydrogens (primary N) is 1. The van der Waals surface area contributed by atoms with Crippen molar-refractivity contribution in [1.29, 1.82) is 0 Å². The van der Waals surface area contributed by atoms with Crippen molar-refractivity contribution >= 4 is 10.0 Å². The van der Waals surface area contributed by atoms with Crippen LogP contribution in [0.15, 0.2) is 23.1 Å². The molecule has 1 saturated heterocycles. The third-order valence-corrected chi connectivity index (χ3v) is 6.24. The summed E-state index contributed by atoms with van der Waals surface area (Å²) in [6.45, 7) is 5.72. The smallest absolute Gasteiger partial charge is 0.246 e. The van der Waals surface area contributed by atoms with E-state index in [9.17, 15) is 8.42 Å². The van der Waals surface area contributed by atoms with Gasteiger partial charge in [0, 0.05) is 19.1 Å². The molecule has 0 saturated carbocycles. The van der Waals surface area contributed by atoms with Gasteiger partial charge in [0.2, 0.25) is 10.0 Å². The largest absolute Gasteiger partial charge is 0.486 e. The van der Waals surface area contributed by atoms with E-state index in [0.29, 0.717) is 43.7 Å². The molecule has 2 heterocycles. The first-order valence-corrected chi connectivity index (χ1v) is 8.99. The zero-order valence-electron chi connectivity index (χ0n) is 12.9. The molecule has 0 aromatic heterocycles. The number of rotatable bonds is 3. The molecule has 0 spiro atoms. The van der Waals surface area contributed by atoms with Crippen molar-refractivity contribution in [2.75, 3.05) is 26.3 Å². The van der Waals surface area contributed by atoms with E-state index in [-0.39, 0.29) is 16.9 Å². The molecular formula is C15H22N2O4S. The fourth-order valence-corrected chi connectivity index (χ4v) is 4.77. The second-order valence-corrected chi connectivity index (χ2v) is 8.08. The van der Waals surface area contributed by atoms with Gasteiger partial charge in [-0.3, -0.25) is 0 Å². The van der Waals surface area contributed by atoms with Crippen LogP contribution in [-0.4, -0.2) is 45.1 Å². The summed E-state index contributed by atoms with van der Waals surface area (Å²) in [5.41, 5.74) is 6.12. The normalized spacial score (nSPS) is 25.6. The minimum Gasteiger partial charge on any atom is -0.486 e. The zero-order valence-corrected chi connectivity index (χ0v) is 13.7. The standard InChI is InChI=1S/C15H22N2O4S/c1-10(2)11-8-17(9-12(11)16)22(18,19)14-5-3-4-13-15(14)21-7-6-20-13/h3-5,10-12H,6-9,16H2,1-2H3/t11-,12+/m1/s1. The average Bonchev–Trinajstić information content (AvgIpc) is 2.89. The molecule has 0 unspecified atom stereocenters. The Labute approximate surface area is 131 Å². The number of sulfonamides is 1. The lowest BCUT2D eigenvalue weighted by molar-refractivity contribution is 0.166. The molecule has 0 radical (unpaired) electrons. The number of benzene rings is 1. The molecule has 2 aliphatic rings. The summed E-state index contributed by atoms with van der Waals surface area (Å²) < 4.78 is 38.4. The Balaban J connectivity index is 1.95. The second kappa shape index (κ2) is 5.72. The number of ether oxygens (including phenoxy) is 2. The predicted molar refractivity (Wildman–Crippen MR) is 82.5 cm³/mol. The average molecular weight is 326 g/mol. The lowest BCUT2D eigenvalue weighted by Crippen LogP contribution is -2.33. The Morgan fingerprint density at radius 1 is 1.23 bits per heavy atom. The van der Waals surface area contributed by atoms with Crippen molar-refractivity contribution in [2.24, 2.45) is 17.6 Å². The maximum absolute atomic E-state index is 13.0. The van der Waals surface area contributed by atoms with Gasteiger partial charge in [-0.15, -0.1) is 0 Å². The van der Waals surface area contributed by atoms with Crippen LogP contribution in [0.5, 0.6) is 11.5 Å². The van der Waals surface area contributed by atoms with Crippen molar-refractivity contribution in [3.05, 3.63) is 18.2 Å². The van der Waals surface area contributed by atoms with Crippen LogP contribution in [0.25, 0.3) is 0 Å². The van der Waals surface area contributed by atoms with Gasteiger partial charge in [-0.25, -0.2) is 8.42 Å². The molecule has 6 nitrogen and oxygen atoms in total. The van der Waals surface area contributed by atoms with Crippen LogP contribution >= 0.6 is 0 Å². The van der Waals surface area contributed by atoms with E-state index in [1.54, 1.807) is 18.2 Å². The fraction of sp³-hybridized carbons (Fsp3) is 0.600. The number of para-hydroxylation sites is 1. The van der Waals surface area contributed by atoms with Crippen LogP contribution in [0.3, 0.4) is 0 Å². The Hall–Kier alpha value is -1.31. The van der Waals surface area contributed by atoms with Crippen LogP contribution in [0.2, 0.25) is 0 Å². The highest BCUT2D eigenvalue weighted by Crippen LogP contribution is 2.39. The first-order valence-electron chi connectivity index (χ1n) is 7.55. The molecule has 0 aliphatic carbocycles. The van der Waals surface area contributed by atoms with E-state index in [0.717, 1.165) is 0 Å². The third-order valence-electron chi connectivity index (χ3n) is 4.38. The lowest BCUT2D eigenvalue weighted by Gasteiger charge is -2.23. The Bertz CT molecular complexity index is 660. The first kappa shape index (κ1) is 15.6. The van der Waals surface area contributed by atoms with Crippen LogP contribution in [-0.2, 0) is 10.0 Å². The maximum Gasteiger partial charge on any atom is 0.246 e. The highest BCUT2D eigenvalue weighted by atomic mass is 32.2. The first-order chi connectivity index (χ1) is 10.4. The van der Waals surface area contributed by atoms with Gasteiger partial charge in [-0.1, -0.05) is 19.9 Å². The molecule has 2 atom stereocenters. The van der Waals surface area contributed by atoms with Crippen molar-refractivity contribution in [3.63, 3.8) is 0 Å². The van der Waals surface area contributed by atoms with Crippen molar-refractivity contribution in [2.45, 2.75) is 24.8 Å². The third kappa shape index (κ3) is 2.57. The van der Waals surface area contributed by atoms with E-state index >= 15 is 0 Å². The van der Waals surface area contributed by atoms with Gasteiger partial charge >= 0.3 is 0 Å². The minimum atomic E-state index is -3.63. The van der Waals surface area contributed by atoms with Crippen molar-refractivity contribution in [1.82, 2.24) is 4.31 Å². The maximum atomic E-state index is 13.0. The Morgan fingerprint density at radius 2 is 1.95 bits per heavy atom. The van der Waals surface area contributed by atoms with Gasteiger partial charge in [0.15, 0.2) is 11.5 Å². The summed E-state index contributed by atoms with van der Waals surface area (Å²) in [6, 6.07) is 4.83. The summed E-state index contributed by atoms with van der Waals surface area (Å²) in [5.74, 6) is 1.32. The predicted octanol–water partition coefficient (Wildman–Crippen LogP) is 1.06. The van der Waals surface area contributed by atoms with Crippen molar-refractivity contribution in [3.8, 4) is 11.5 Å². The van der Waals surface area contributed by atoms with Gasteiger partial charge in [0.25, 0.3) is 0 Å². The number of nitrogens with zero attached hydrogens (tertiary/aromatic N) is 1. The molecule has 0 amide bonds. The lowest BCUT2D eigenvalue weighted by atomic mass is 9.92. The highest BCUT2D eigenvalue weighted by Gasteiger charge is 2.40. The molecule has 1 aromatic carbocycles. The highest BCUT2D eigenvalue weighted by molar-refractivity contribution is 7.89. The quantitative estimate of drug-likeness (QED) is 0.898. The number of fused-ring (bicyclic) bond motifs is 1. The SMILES string of the molecule is CC(C)[C@H]1CN(S(=O)(=O)c2cccc3c2OCCO3)C[C@@H]1N. The van der Waals surface area contributed by atoms with E-state index in [4.69, 9.17) is 15.2 Å². The summed E-state index contributed by atoms with van der Waals surface area (Å²) in [6.07, 6.45) is 0. The van der Waals surface area contributed by atoms with Gasteiger partial charge < -0.3 is 15.2 Å². The molecule has 2 aliphatic heterocycles. The molecule has 1 fully saturated rings. The van der Waals surface area contributed by atoms with Gasteiger partial charge in [0.1, 0.15) is 18.1 Å². The van der Waals surface area contributed by atoms with Crippen LogP contribution in [0.4, 0.5) is 0 Å². The minimum absolute atomic E-state index is 0.133. The molecule has 3 rings (SSSR count). The summed E-state index contributed by atoms with van der Waals surface area (Å²) in [7, 11) is -3.63. The van der Waals surface area contributed by atoms with E-state index in [1.807, 2.05) is 0 Å². The van der Waals surface area contributed by atoms with E-state index in [2.05, 4.69) is 13.8 Å². The fourth-order valence-electron chi connectivity index (χ4n) is 3.11. The topological polar surface area (TPSA) is 81.9 Å². The molecular weight excluding hydrogens is 304 g/mol. The summed E-state index contributed by atoms with van der Waals surface area (Å²) in [5, 5.41) is 0. The zero-order chi connectivity index (χ0) is 15.9. The van der Waals surface area contributed by atoms with Gasteiger partial charge in [-0.05, 0) is 24.0 Å². The van der Waals surface area contributed by atoms with Crippen LogP contribution in [0.1, 0.15) is 13.8 Å². The Kier molecular flexibility index (Phi) is 4.05. The molecule has 0 bridgehead atoms. The van der Waals surface area contributed by atoms with E-state index < -0.39 is 10.0 Å². The molecule has 2 N–H and O–H groups in total. The van der Waals surface area contributed by atoms with Gasteiger partial charge in [-0.2, -0.15) is 4.31 Å². The molecule has 22 heavy (non-hydrogen) atoms. The second-order valence-electron chi connectivity index (χ2n) is 6.17.